The van der Waals surface area contributed by atoms with Gasteiger partial charge in [0.1, 0.15) is 0 Å². The fourth-order valence-electron chi connectivity index (χ4n) is 1.30. The topological polar surface area (TPSA) is 26.0 Å². The van der Waals surface area contributed by atoms with Crippen LogP contribution in [0.2, 0.25) is 0 Å². The molecule has 0 saturated carbocycles. The van der Waals surface area contributed by atoms with Crippen molar-refractivity contribution in [3.05, 3.63) is 46.5 Å². The van der Waals surface area contributed by atoms with Crippen molar-refractivity contribution in [2.45, 2.75) is 25.8 Å². The van der Waals surface area contributed by atoms with E-state index in [1.165, 1.54) is 11.1 Å². The number of hydrogen-bond donors (Lipinski definition) is 1. The highest BCUT2D eigenvalue weighted by molar-refractivity contribution is 9.10. The van der Waals surface area contributed by atoms with E-state index in [1.54, 1.807) is 0 Å². The summed E-state index contributed by atoms with van der Waals surface area (Å²) in [6, 6.07) is 6.40. The van der Waals surface area contributed by atoms with Crippen molar-refractivity contribution >= 4 is 15.9 Å². The molecule has 2 N–H and O–H groups in total. The maximum Gasteiger partial charge on any atom is 0.0298 e. The minimum atomic E-state index is 0.116. The third kappa shape index (κ3) is 2.96. The minimum absolute atomic E-state index is 0.116. The largest absolute Gasteiger partial charge is 0.324 e. The molecule has 1 atom stereocenters. The Morgan fingerprint density at radius 2 is 2.29 bits per heavy atom. The van der Waals surface area contributed by atoms with E-state index in [0.29, 0.717) is 0 Å². The zero-order chi connectivity index (χ0) is 10.6. The molecule has 0 fully saturated rings. The summed E-state index contributed by atoms with van der Waals surface area (Å²) in [5.74, 6) is 0. The van der Waals surface area contributed by atoms with E-state index >= 15 is 0 Å². The van der Waals surface area contributed by atoms with Gasteiger partial charge < -0.3 is 5.73 Å². The summed E-state index contributed by atoms with van der Waals surface area (Å²) in [4.78, 5) is 0. The predicted octanol–water partition coefficient (Wildman–Crippen LogP) is 3.72. The molecule has 0 saturated heterocycles. The van der Waals surface area contributed by atoms with Crippen molar-refractivity contribution in [1.82, 2.24) is 0 Å². The van der Waals surface area contributed by atoms with E-state index in [9.17, 15) is 0 Å². The molecule has 76 valence electrons. The van der Waals surface area contributed by atoms with Gasteiger partial charge in [0.2, 0.25) is 0 Å². The molecule has 0 bridgehead atoms. The molecule has 1 nitrogen and oxygen atoms in total. The number of benzene rings is 1. The number of nitrogens with two attached hydrogens (primary N) is 1. The standard InChI is InChI=1S/C12H16BrN/c1-3-4-5-12(14)10-7-6-9(2)11(13)8-10/h3,6-8,12H,1,4-5,14H2,2H3/t12-/m1/s1. The molecule has 0 heterocycles. The summed E-state index contributed by atoms with van der Waals surface area (Å²) < 4.78 is 1.13. The van der Waals surface area contributed by atoms with Gasteiger partial charge in [-0.3, -0.25) is 0 Å². The molecular formula is C12H16BrN. The van der Waals surface area contributed by atoms with Gasteiger partial charge in [0.05, 0.1) is 0 Å². The first kappa shape index (κ1) is 11.5. The molecule has 0 aliphatic rings. The van der Waals surface area contributed by atoms with Crippen LogP contribution in [0.3, 0.4) is 0 Å². The SMILES string of the molecule is C=CCC[C@@H](N)c1ccc(C)c(Br)c1. The van der Waals surface area contributed by atoms with Gasteiger partial charge >= 0.3 is 0 Å². The predicted molar refractivity (Wildman–Crippen MR) is 65.2 cm³/mol. The Morgan fingerprint density at radius 3 is 2.86 bits per heavy atom. The van der Waals surface area contributed by atoms with Gasteiger partial charge in [0.25, 0.3) is 0 Å². The molecule has 0 unspecified atom stereocenters. The van der Waals surface area contributed by atoms with Crippen LogP contribution in [0.15, 0.2) is 35.3 Å². The molecule has 0 aromatic heterocycles. The number of halogens is 1. The van der Waals surface area contributed by atoms with Crippen LogP contribution in [0, 0.1) is 6.92 Å². The van der Waals surface area contributed by atoms with Crippen LogP contribution in [0.1, 0.15) is 30.0 Å². The van der Waals surface area contributed by atoms with Crippen molar-refractivity contribution < 1.29 is 0 Å². The zero-order valence-electron chi connectivity index (χ0n) is 8.46. The summed E-state index contributed by atoms with van der Waals surface area (Å²) >= 11 is 3.51. The molecule has 0 spiro atoms. The first-order chi connectivity index (χ1) is 6.65. The molecule has 0 amide bonds. The third-order valence-corrected chi connectivity index (χ3v) is 3.16. The van der Waals surface area contributed by atoms with Crippen LogP contribution in [0.5, 0.6) is 0 Å². The van der Waals surface area contributed by atoms with Crippen molar-refractivity contribution in [3.8, 4) is 0 Å². The molecular weight excluding hydrogens is 238 g/mol. The first-order valence-electron chi connectivity index (χ1n) is 4.77. The van der Waals surface area contributed by atoms with E-state index in [0.717, 1.165) is 17.3 Å². The maximum atomic E-state index is 6.03. The highest BCUT2D eigenvalue weighted by Crippen LogP contribution is 2.22. The quantitative estimate of drug-likeness (QED) is 0.814. The Labute approximate surface area is 94.1 Å². The van der Waals surface area contributed by atoms with Crippen molar-refractivity contribution in [2.24, 2.45) is 5.73 Å². The molecule has 14 heavy (non-hydrogen) atoms. The van der Waals surface area contributed by atoms with Crippen molar-refractivity contribution in [3.63, 3.8) is 0 Å². The van der Waals surface area contributed by atoms with E-state index in [-0.39, 0.29) is 6.04 Å². The van der Waals surface area contributed by atoms with Crippen LogP contribution in [0.4, 0.5) is 0 Å². The fourth-order valence-corrected chi connectivity index (χ4v) is 1.70. The van der Waals surface area contributed by atoms with E-state index < -0.39 is 0 Å². The minimum Gasteiger partial charge on any atom is -0.324 e. The summed E-state index contributed by atoms with van der Waals surface area (Å²) in [7, 11) is 0. The molecule has 1 aromatic carbocycles. The van der Waals surface area contributed by atoms with Crippen LogP contribution >= 0.6 is 15.9 Å². The number of rotatable bonds is 4. The average molecular weight is 254 g/mol. The smallest absolute Gasteiger partial charge is 0.0298 e. The molecule has 0 aliphatic carbocycles. The first-order valence-corrected chi connectivity index (χ1v) is 5.57. The lowest BCUT2D eigenvalue weighted by Gasteiger charge is -2.11. The summed E-state index contributed by atoms with van der Waals surface area (Å²) in [5, 5.41) is 0. The molecule has 2 heteroatoms. The molecule has 0 aliphatic heterocycles. The lowest BCUT2D eigenvalue weighted by molar-refractivity contribution is 0.661. The number of hydrogen-bond acceptors (Lipinski definition) is 1. The summed E-state index contributed by atoms with van der Waals surface area (Å²) in [5.41, 5.74) is 8.46. The number of allylic oxidation sites excluding steroid dienone is 1. The Morgan fingerprint density at radius 1 is 1.57 bits per heavy atom. The Kier molecular flexibility index (Phi) is 4.36. The lowest BCUT2D eigenvalue weighted by atomic mass is 10.0. The van der Waals surface area contributed by atoms with Gasteiger partial charge in [-0.2, -0.15) is 0 Å². The van der Waals surface area contributed by atoms with Gasteiger partial charge in [-0.25, -0.2) is 0 Å². The lowest BCUT2D eigenvalue weighted by Crippen LogP contribution is -2.09. The molecule has 1 rings (SSSR count). The van der Waals surface area contributed by atoms with Gasteiger partial charge in [-0.1, -0.05) is 34.1 Å². The maximum absolute atomic E-state index is 6.03. The average Bonchev–Trinajstić information content (AvgIpc) is 2.18. The molecule has 1 aromatic rings. The summed E-state index contributed by atoms with van der Waals surface area (Å²) in [6.45, 7) is 5.77. The second-order valence-electron chi connectivity index (χ2n) is 3.48. The monoisotopic (exact) mass is 253 g/mol. The Balaban J connectivity index is 2.75. The van der Waals surface area contributed by atoms with Crippen LogP contribution in [-0.4, -0.2) is 0 Å². The highest BCUT2D eigenvalue weighted by Gasteiger charge is 2.05. The third-order valence-electron chi connectivity index (χ3n) is 2.31. The number of aryl methyl sites for hydroxylation is 1. The molecule has 0 radical (unpaired) electrons. The van der Waals surface area contributed by atoms with Crippen molar-refractivity contribution in [2.75, 3.05) is 0 Å². The Hall–Kier alpha value is -0.600. The summed E-state index contributed by atoms with van der Waals surface area (Å²) in [6.07, 6.45) is 3.83. The van der Waals surface area contributed by atoms with E-state index in [2.05, 4.69) is 47.6 Å². The van der Waals surface area contributed by atoms with Gasteiger partial charge in [0.15, 0.2) is 0 Å². The van der Waals surface area contributed by atoms with Crippen LogP contribution < -0.4 is 5.73 Å². The van der Waals surface area contributed by atoms with E-state index in [1.807, 2.05) is 6.08 Å². The van der Waals surface area contributed by atoms with Crippen LogP contribution in [-0.2, 0) is 0 Å². The van der Waals surface area contributed by atoms with Crippen LogP contribution in [0.25, 0.3) is 0 Å². The Bertz CT molecular complexity index is 320. The van der Waals surface area contributed by atoms with Gasteiger partial charge in [-0.05, 0) is 37.0 Å². The fraction of sp³-hybridized carbons (Fsp3) is 0.333. The zero-order valence-corrected chi connectivity index (χ0v) is 10.0. The second kappa shape index (κ2) is 5.32. The normalized spacial score (nSPS) is 12.5. The van der Waals surface area contributed by atoms with E-state index in [4.69, 9.17) is 5.73 Å². The van der Waals surface area contributed by atoms with Gasteiger partial charge in [-0.15, -0.1) is 6.58 Å². The second-order valence-corrected chi connectivity index (χ2v) is 4.34. The highest BCUT2D eigenvalue weighted by atomic mass is 79.9. The van der Waals surface area contributed by atoms with Crippen molar-refractivity contribution in [1.29, 1.82) is 0 Å². The van der Waals surface area contributed by atoms with Gasteiger partial charge in [0, 0.05) is 10.5 Å².